The van der Waals surface area contributed by atoms with Gasteiger partial charge in [0, 0.05) is 32.5 Å². The summed E-state index contributed by atoms with van der Waals surface area (Å²) < 4.78 is 0. The van der Waals surface area contributed by atoms with E-state index in [9.17, 15) is 0 Å². The zero-order valence-corrected chi connectivity index (χ0v) is 17.5. The number of nitrogens with one attached hydrogen (secondary N) is 2. The van der Waals surface area contributed by atoms with Crippen molar-refractivity contribution in [3.8, 4) is 0 Å². The first-order valence-electron chi connectivity index (χ1n) is 9.93. The van der Waals surface area contributed by atoms with Crippen molar-refractivity contribution in [3.63, 3.8) is 0 Å². The zero-order valence-electron chi connectivity index (χ0n) is 16.0. The number of anilines is 2. The van der Waals surface area contributed by atoms with Crippen LogP contribution in [0, 0.1) is 0 Å². The smallest absolute Gasteiger partial charge is 0.122 e. The Kier molecular flexibility index (Phi) is 3.74. The molecule has 0 saturated carbocycles. The Balaban J connectivity index is 1.78. The van der Waals surface area contributed by atoms with Crippen LogP contribution in [0.1, 0.15) is 22.3 Å². The molecule has 2 heterocycles. The topological polar surface area (TPSA) is 24.1 Å². The van der Waals surface area contributed by atoms with Crippen molar-refractivity contribution in [2.75, 3.05) is 10.6 Å². The van der Waals surface area contributed by atoms with Crippen LogP contribution in [0.3, 0.4) is 0 Å². The van der Waals surface area contributed by atoms with Crippen LogP contribution in [0.25, 0.3) is 0 Å². The van der Waals surface area contributed by atoms with Crippen LogP contribution >= 0.6 is 23.2 Å². The first-order valence-corrected chi connectivity index (χ1v) is 10.7. The third-order valence-electron chi connectivity index (χ3n) is 6.39. The molecule has 4 aromatic carbocycles. The van der Waals surface area contributed by atoms with Gasteiger partial charge in [-0.25, -0.2) is 0 Å². The molecule has 0 aliphatic carbocycles. The lowest BCUT2D eigenvalue weighted by Gasteiger charge is -2.42. The van der Waals surface area contributed by atoms with Gasteiger partial charge in [0.05, 0.1) is 0 Å². The maximum absolute atomic E-state index is 6.41. The van der Waals surface area contributed by atoms with Gasteiger partial charge in [-0.15, -0.1) is 0 Å². The number of fused-ring (bicyclic) bond motifs is 5. The Morgan fingerprint density at radius 3 is 1.30 bits per heavy atom. The van der Waals surface area contributed by atoms with Crippen molar-refractivity contribution in [1.29, 1.82) is 0 Å². The lowest BCUT2D eigenvalue weighted by Crippen LogP contribution is -2.51. The molecular formula is C26H18Cl2N2. The summed E-state index contributed by atoms with van der Waals surface area (Å²) in [6.45, 7) is 0. The molecule has 146 valence electrons. The van der Waals surface area contributed by atoms with Gasteiger partial charge in [0.15, 0.2) is 0 Å². The molecule has 0 bridgehead atoms. The van der Waals surface area contributed by atoms with Crippen LogP contribution in [0.4, 0.5) is 11.4 Å². The van der Waals surface area contributed by atoms with Crippen molar-refractivity contribution in [2.45, 2.75) is 11.1 Å². The van der Waals surface area contributed by atoms with E-state index in [1.165, 1.54) is 11.1 Å². The summed E-state index contributed by atoms with van der Waals surface area (Å²) in [5.41, 5.74) is 5.63. The molecule has 2 atom stereocenters. The molecule has 2 N–H and O–H groups in total. The molecule has 0 radical (unpaired) electrons. The predicted octanol–water partition coefficient (Wildman–Crippen LogP) is 7.03. The maximum atomic E-state index is 6.41. The molecule has 0 spiro atoms. The molecule has 0 saturated heterocycles. The zero-order chi connectivity index (χ0) is 20.3. The molecule has 6 rings (SSSR count). The van der Waals surface area contributed by atoms with E-state index in [2.05, 4.69) is 83.4 Å². The Hall–Kier alpha value is -2.94. The average Bonchev–Trinajstić information content (AvgIpc) is 3.21. The number of halogens is 2. The summed E-state index contributed by atoms with van der Waals surface area (Å²) in [6, 6.07) is 33.4. The molecule has 4 heteroatoms. The van der Waals surface area contributed by atoms with Crippen LogP contribution in [0.15, 0.2) is 97.1 Å². The summed E-state index contributed by atoms with van der Waals surface area (Å²) >= 11 is 12.8. The second kappa shape index (κ2) is 6.28. The van der Waals surface area contributed by atoms with Crippen molar-refractivity contribution < 1.29 is 0 Å². The van der Waals surface area contributed by atoms with Crippen LogP contribution in [-0.4, -0.2) is 0 Å². The second-order valence-electron chi connectivity index (χ2n) is 7.86. The van der Waals surface area contributed by atoms with Gasteiger partial charge in [-0.3, -0.25) is 0 Å². The van der Waals surface area contributed by atoms with E-state index in [4.69, 9.17) is 23.2 Å². The highest BCUT2D eigenvalue weighted by Crippen LogP contribution is 2.64. The summed E-state index contributed by atoms with van der Waals surface area (Å²) in [5, 5.41) is 9.21. The Labute approximate surface area is 185 Å². The first kappa shape index (κ1) is 17.9. The van der Waals surface area contributed by atoms with E-state index in [1.807, 2.05) is 24.3 Å². The molecule has 0 aromatic heterocycles. The minimum atomic E-state index is -0.553. The molecule has 0 unspecified atom stereocenters. The van der Waals surface area contributed by atoms with Crippen LogP contribution in [0.2, 0.25) is 10.0 Å². The molecule has 0 fully saturated rings. The molecule has 4 aromatic rings. The summed E-state index contributed by atoms with van der Waals surface area (Å²) in [5.74, 6) is 0. The third-order valence-corrected chi connectivity index (χ3v) is 6.86. The second-order valence-corrected chi connectivity index (χ2v) is 8.73. The van der Waals surface area contributed by atoms with Crippen LogP contribution in [-0.2, 0) is 11.1 Å². The highest BCUT2D eigenvalue weighted by Gasteiger charge is 2.65. The van der Waals surface area contributed by atoms with Gasteiger partial charge in [0.25, 0.3) is 0 Å². The standard InChI is InChI=1S/C26H18Cl2N2/c27-19-11-13-21-23(15-19)30-26(18-9-5-2-6-10-18)22-14-12-20(28)16-24(22)29-25(21,26)17-7-3-1-4-8-17/h1-16,29-30H/t25-,26-/m0/s1. The van der Waals surface area contributed by atoms with E-state index < -0.39 is 11.1 Å². The highest BCUT2D eigenvalue weighted by molar-refractivity contribution is 6.31. The summed E-state index contributed by atoms with van der Waals surface area (Å²) in [4.78, 5) is 0. The fraction of sp³-hybridized carbons (Fsp3) is 0.0769. The average molecular weight is 429 g/mol. The first-order chi connectivity index (χ1) is 14.6. The van der Waals surface area contributed by atoms with E-state index in [0.717, 1.165) is 22.5 Å². The fourth-order valence-corrected chi connectivity index (χ4v) is 5.63. The Morgan fingerprint density at radius 1 is 0.500 bits per heavy atom. The third kappa shape index (κ3) is 2.15. The van der Waals surface area contributed by atoms with Gasteiger partial charge < -0.3 is 10.6 Å². The highest BCUT2D eigenvalue weighted by atomic mass is 35.5. The van der Waals surface area contributed by atoms with Crippen molar-refractivity contribution in [3.05, 3.63) is 129 Å². The maximum Gasteiger partial charge on any atom is 0.122 e. The quantitative estimate of drug-likeness (QED) is 0.357. The summed E-state index contributed by atoms with van der Waals surface area (Å²) in [6.07, 6.45) is 0. The van der Waals surface area contributed by atoms with Crippen LogP contribution < -0.4 is 10.6 Å². The van der Waals surface area contributed by atoms with Gasteiger partial charge in [0.1, 0.15) is 11.1 Å². The summed E-state index contributed by atoms with van der Waals surface area (Å²) in [7, 11) is 0. The Bertz CT molecular complexity index is 1170. The van der Waals surface area contributed by atoms with Gasteiger partial charge in [-0.1, -0.05) is 96.0 Å². The number of hydrogen-bond acceptors (Lipinski definition) is 2. The Morgan fingerprint density at radius 2 is 0.900 bits per heavy atom. The lowest BCUT2D eigenvalue weighted by atomic mass is 9.66. The molecule has 2 nitrogen and oxygen atoms in total. The van der Waals surface area contributed by atoms with Crippen molar-refractivity contribution in [1.82, 2.24) is 0 Å². The SMILES string of the molecule is Clc1ccc2c(c1)N[C@@]1(c3ccccc3)c3ccc(Cl)cc3N[C@@]21c1ccccc1. The number of rotatable bonds is 2. The van der Waals surface area contributed by atoms with Gasteiger partial charge in [-0.2, -0.15) is 0 Å². The molecule has 2 aliphatic heterocycles. The monoisotopic (exact) mass is 428 g/mol. The van der Waals surface area contributed by atoms with Crippen molar-refractivity contribution >= 4 is 34.6 Å². The number of benzene rings is 4. The lowest BCUT2D eigenvalue weighted by molar-refractivity contribution is 0.439. The van der Waals surface area contributed by atoms with Crippen LogP contribution in [0.5, 0.6) is 0 Å². The number of hydrogen-bond donors (Lipinski definition) is 2. The van der Waals surface area contributed by atoms with E-state index in [0.29, 0.717) is 10.0 Å². The van der Waals surface area contributed by atoms with E-state index >= 15 is 0 Å². The van der Waals surface area contributed by atoms with E-state index in [-0.39, 0.29) is 0 Å². The minimum Gasteiger partial charge on any atom is -0.369 e. The van der Waals surface area contributed by atoms with Gasteiger partial charge in [-0.05, 0) is 35.4 Å². The minimum absolute atomic E-state index is 0.553. The molecule has 0 amide bonds. The van der Waals surface area contributed by atoms with E-state index in [1.54, 1.807) is 0 Å². The normalized spacial score (nSPS) is 23.1. The largest absolute Gasteiger partial charge is 0.369 e. The molecule has 30 heavy (non-hydrogen) atoms. The van der Waals surface area contributed by atoms with Gasteiger partial charge in [0.2, 0.25) is 0 Å². The molecule has 2 aliphatic rings. The molecular weight excluding hydrogens is 411 g/mol. The van der Waals surface area contributed by atoms with Crippen molar-refractivity contribution in [2.24, 2.45) is 0 Å². The predicted molar refractivity (Wildman–Crippen MR) is 125 cm³/mol. The fourth-order valence-electron chi connectivity index (χ4n) is 5.29. The van der Waals surface area contributed by atoms with Gasteiger partial charge >= 0.3 is 0 Å².